The molecule has 2 aromatic rings. The van der Waals surface area contributed by atoms with Gasteiger partial charge < -0.3 is 15.2 Å². The van der Waals surface area contributed by atoms with Gasteiger partial charge in [0.1, 0.15) is 29.8 Å². The van der Waals surface area contributed by atoms with Crippen LogP contribution in [0, 0.1) is 11.7 Å². The summed E-state index contributed by atoms with van der Waals surface area (Å²) in [6.45, 7) is 0.829. The molecule has 1 aromatic heterocycles. The number of Topliss-reactive ketones (excluding diaryl/α,β-unsaturated/α-hetero) is 1. The molecule has 0 bridgehead atoms. The minimum Gasteiger partial charge on any atom is -0.462 e. The second kappa shape index (κ2) is 8.94. The molecule has 1 aromatic carbocycles. The normalized spacial score (nSPS) is 26.9. The van der Waals surface area contributed by atoms with Crippen LogP contribution >= 0.6 is 0 Å². The zero-order valence-electron chi connectivity index (χ0n) is 18.1. The zero-order chi connectivity index (χ0) is 24.7. The summed E-state index contributed by atoms with van der Waals surface area (Å²) in [6.07, 6.45) is -4.56. The van der Waals surface area contributed by atoms with E-state index in [4.69, 9.17) is 15.2 Å². The van der Waals surface area contributed by atoms with Crippen molar-refractivity contribution in [3.8, 4) is 0 Å². The molecule has 0 radical (unpaired) electrons. The minimum atomic E-state index is -4.58. The number of hydrogen-bond acceptors (Lipinski definition) is 6. The fourth-order valence-electron chi connectivity index (χ4n) is 4.45. The molecule has 0 amide bonds. The molecule has 1 fully saturated rings. The van der Waals surface area contributed by atoms with Crippen molar-refractivity contribution in [2.45, 2.75) is 43.7 Å². The summed E-state index contributed by atoms with van der Waals surface area (Å²) in [7, 11) is 0. The van der Waals surface area contributed by atoms with Crippen LogP contribution in [0.3, 0.4) is 0 Å². The molecule has 3 heterocycles. The lowest BCUT2D eigenvalue weighted by Gasteiger charge is -2.46. The minimum absolute atomic E-state index is 0.0740. The van der Waals surface area contributed by atoms with Crippen LogP contribution in [0.4, 0.5) is 22.0 Å². The Labute approximate surface area is 192 Å². The maximum absolute atomic E-state index is 15.0. The topological polar surface area (TPSA) is 86.8 Å². The van der Waals surface area contributed by atoms with Crippen LogP contribution in [0.5, 0.6) is 0 Å². The predicted octanol–water partition coefficient (Wildman–Crippen LogP) is 3.97. The fraction of sp³-hybridized carbons (Fsp3) is 0.435. The Kier molecular flexibility index (Phi) is 6.32. The molecule has 4 atom stereocenters. The Balaban J connectivity index is 1.65. The maximum Gasteiger partial charge on any atom is 0.417 e. The molecule has 34 heavy (non-hydrogen) atoms. The third-order valence-corrected chi connectivity index (χ3v) is 6.21. The second-order valence-electron chi connectivity index (χ2n) is 8.49. The number of halogens is 5. The van der Waals surface area contributed by atoms with Crippen molar-refractivity contribution in [3.05, 3.63) is 64.7 Å². The average Bonchev–Trinajstić information content (AvgIpc) is 2.78. The summed E-state index contributed by atoms with van der Waals surface area (Å²) < 4.78 is 79.1. The first-order chi connectivity index (χ1) is 16.0. The summed E-state index contributed by atoms with van der Waals surface area (Å²) in [5.74, 6) is -1.97. The predicted molar refractivity (Wildman–Crippen MR) is 111 cm³/mol. The molecule has 6 nitrogen and oxygen atoms in total. The number of carbonyl (C=O) groups is 1. The van der Waals surface area contributed by atoms with Crippen molar-refractivity contribution < 1.29 is 36.2 Å². The molecular formula is C23H22F5N3O3. The van der Waals surface area contributed by atoms with Crippen molar-refractivity contribution >= 4 is 11.8 Å². The SMILES string of the molecule is C[C@@H]1C[C@H]2OC(N)=N[C@](CF)(c3cc(CC(=O)c4ccc(C(F)(F)F)cn4)ccc3F)[C@H]2CO1. The van der Waals surface area contributed by atoms with Crippen molar-refractivity contribution in [2.75, 3.05) is 13.3 Å². The summed E-state index contributed by atoms with van der Waals surface area (Å²) in [6, 6.07) is 5.25. The van der Waals surface area contributed by atoms with Crippen LogP contribution < -0.4 is 5.73 Å². The highest BCUT2D eigenvalue weighted by Gasteiger charge is 2.52. The number of aromatic nitrogens is 1. The van der Waals surface area contributed by atoms with E-state index < -0.39 is 47.6 Å². The number of nitrogens with two attached hydrogens (primary N) is 1. The highest BCUT2D eigenvalue weighted by atomic mass is 19.4. The number of carbonyl (C=O) groups excluding carboxylic acids is 1. The van der Waals surface area contributed by atoms with Gasteiger partial charge in [0.15, 0.2) is 5.78 Å². The number of ketones is 1. The molecule has 2 aliphatic heterocycles. The lowest BCUT2D eigenvalue weighted by atomic mass is 9.73. The van der Waals surface area contributed by atoms with Crippen molar-refractivity contribution in [2.24, 2.45) is 16.6 Å². The van der Waals surface area contributed by atoms with Crippen LogP contribution in [0.25, 0.3) is 0 Å². The number of hydrogen-bond donors (Lipinski definition) is 1. The summed E-state index contributed by atoms with van der Waals surface area (Å²) >= 11 is 0. The summed E-state index contributed by atoms with van der Waals surface area (Å²) in [4.78, 5) is 20.4. The first-order valence-corrected chi connectivity index (χ1v) is 10.6. The molecule has 0 spiro atoms. The number of alkyl halides is 4. The van der Waals surface area contributed by atoms with Gasteiger partial charge in [0.2, 0.25) is 0 Å². The maximum atomic E-state index is 15.0. The molecule has 182 valence electrons. The van der Waals surface area contributed by atoms with Crippen molar-refractivity contribution in [1.29, 1.82) is 0 Å². The van der Waals surface area contributed by atoms with E-state index in [9.17, 15) is 22.4 Å². The number of fused-ring (bicyclic) bond motifs is 1. The van der Waals surface area contributed by atoms with E-state index in [0.29, 0.717) is 18.2 Å². The smallest absolute Gasteiger partial charge is 0.417 e. The first kappa shape index (κ1) is 24.1. The third-order valence-electron chi connectivity index (χ3n) is 6.21. The van der Waals surface area contributed by atoms with Crippen LogP contribution in [-0.2, 0) is 27.6 Å². The van der Waals surface area contributed by atoms with E-state index in [1.807, 2.05) is 6.92 Å². The number of rotatable bonds is 5. The van der Waals surface area contributed by atoms with E-state index in [0.717, 1.165) is 18.2 Å². The Morgan fingerprint density at radius 1 is 1.26 bits per heavy atom. The molecule has 1 saturated heterocycles. The standard InChI is InChI=1S/C23H22F5N3O3/c1-12-6-20-16(10-33-12)22(11-24,31-21(29)34-20)15-7-13(2-4-17(15)25)8-19(32)18-5-3-14(9-30-18)23(26,27)28/h2-5,7,9,12,16,20H,6,8,10-11H2,1H3,(H2,29,31)/t12-,16+,20-,22-/m1/s1. The Morgan fingerprint density at radius 2 is 2.03 bits per heavy atom. The van der Waals surface area contributed by atoms with Gasteiger partial charge in [0.05, 0.1) is 24.2 Å². The van der Waals surface area contributed by atoms with Crippen LogP contribution in [-0.4, -0.2) is 42.3 Å². The van der Waals surface area contributed by atoms with Gasteiger partial charge in [0.25, 0.3) is 6.02 Å². The van der Waals surface area contributed by atoms with E-state index in [2.05, 4.69) is 9.98 Å². The average molecular weight is 483 g/mol. The summed E-state index contributed by atoms with van der Waals surface area (Å²) in [5.41, 5.74) is 3.17. The molecule has 0 saturated carbocycles. The van der Waals surface area contributed by atoms with Crippen molar-refractivity contribution in [1.82, 2.24) is 4.98 Å². The number of pyridine rings is 1. The highest BCUT2D eigenvalue weighted by molar-refractivity contribution is 5.95. The van der Waals surface area contributed by atoms with Crippen LogP contribution in [0.1, 0.15) is 40.5 Å². The largest absolute Gasteiger partial charge is 0.462 e. The summed E-state index contributed by atoms with van der Waals surface area (Å²) in [5, 5.41) is 0. The van der Waals surface area contributed by atoms with Gasteiger partial charge in [-0.05, 0) is 36.8 Å². The van der Waals surface area contributed by atoms with Gasteiger partial charge in [-0.25, -0.2) is 13.8 Å². The zero-order valence-corrected chi connectivity index (χ0v) is 18.1. The Bertz CT molecular complexity index is 1110. The number of amidine groups is 1. The van der Waals surface area contributed by atoms with Gasteiger partial charge in [-0.2, -0.15) is 13.2 Å². The monoisotopic (exact) mass is 483 g/mol. The lowest BCUT2D eigenvalue weighted by Crippen LogP contribution is -2.55. The molecular weight excluding hydrogens is 461 g/mol. The number of aliphatic imine (C=N–C) groups is 1. The molecule has 11 heteroatoms. The van der Waals surface area contributed by atoms with Gasteiger partial charge in [-0.1, -0.05) is 6.07 Å². The van der Waals surface area contributed by atoms with Crippen molar-refractivity contribution in [3.63, 3.8) is 0 Å². The van der Waals surface area contributed by atoms with Crippen LogP contribution in [0.15, 0.2) is 41.5 Å². The third kappa shape index (κ3) is 4.48. The molecule has 2 aliphatic rings. The number of benzene rings is 1. The van der Waals surface area contributed by atoms with E-state index in [-0.39, 0.29) is 36.4 Å². The highest BCUT2D eigenvalue weighted by Crippen LogP contribution is 2.45. The van der Waals surface area contributed by atoms with E-state index in [1.165, 1.54) is 12.1 Å². The van der Waals surface area contributed by atoms with Gasteiger partial charge >= 0.3 is 6.18 Å². The van der Waals surface area contributed by atoms with Gasteiger partial charge in [0, 0.05) is 24.6 Å². The van der Waals surface area contributed by atoms with Gasteiger partial charge in [-0.15, -0.1) is 0 Å². The number of ether oxygens (including phenoxy) is 2. The van der Waals surface area contributed by atoms with E-state index >= 15 is 4.39 Å². The molecule has 0 aliphatic carbocycles. The second-order valence-corrected chi connectivity index (χ2v) is 8.49. The Hall–Kier alpha value is -3.08. The Morgan fingerprint density at radius 3 is 2.68 bits per heavy atom. The number of nitrogens with zero attached hydrogens (tertiary/aromatic N) is 2. The molecule has 2 N–H and O–H groups in total. The fourth-order valence-corrected chi connectivity index (χ4v) is 4.45. The molecule has 0 unspecified atom stereocenters. The van der Waals surface area contributed by atoms with Gasteiger partial charge in [-0.3, -0.25) is 9.78 Å². The first-order valence-electron chi connectivity index (χ1n) is 10.6. The quantitative estimate of drug-likeness (QED) is 0.514. The van der Waals surface area contributed by atoms with E-state index in [1.54, 1.807) is 0 Å². The molecule has 4 rings (SSSR count). The van der Waals surface area contributed by atoms with Crippen LogP contribution in [0.2, 0.25) is 0 Å². The lowest BCUT2D eigenvalue weighted by molar-refractivity contribution is -0.137.